The highest BCUT2D eigenvalue weighted by atomic mass is 35.5. The van der Waals surface area contributed by atoms with Crippen LogP contribution in [-0.4, -0.2) is 15.9 Å². The highest BCUT2D eigenvalue weighted by Crippen LogP contribution is 2.22. The lowest BCUT2D eigenvalue weighted by atomic mass is 10.2. The third-order valence-electron chi connectivity index (χ3n) is 2.36. The summed E-state index contributed by atoms with van der Waals surface area (Å²) >= 11 is 11.7. The largest absolute Gasteiger partial charge is 0.347 e. The summed E-state index contributed by atoms with van der Waals surface area (Å²) in [6.07, 6.45) is 6.43. The molecule has 0 saturated heterocycles. The SMILES string of the molecule is O=C(C=Cc1ccc(Cl)c(Cl)c1)NCc1ncc[nH]1. The number of H-pyrrole nitrogens is 1. The normalized spacial score (nSPS) is 10.8. The van der Waals surface area contributed by atoms with E-state index in [-0.39, 0.29) is 5.91 Å². The molecule has 98 valence electrons. The van der Waals surface area contributed by atoms with Crippen LogP contribution in [0.15, 0.2) is 36.7 Å². The topological polar surface area (TPSA) is 57.8 Å². The minimum Gasteiger partial charge on any atom is -0.347 e. The van der Waals surface area contributed by atoms with Gasteiger partial charge in [0.15, 0.2) is 0 Å². The Balaban J connectivity index is 1.90. The van der Waals surface area contributed by atoms with E-state index < -0.39 is 0 Å². The smallest absolute Gasteiger partial charge is 0.244 e. The molecule has 1 heterocycles. The molecule has 0 fully saturated rings. The van der Waals surface area contributed by atoms with Crippen molar-refractivity contribution in [1.29, 1.82) is 0 Å². The van der Waals surface area contributed by atoms with Crippen LogP contribution in [-0.2, 0) is 11.3 Å². The van der Waals surface area contributed by atoms with Gasteiger partial charge in [-0.1, -0.05) is 29.3 Å². The number of nitrogens with one attached hydrogen (secondary N) is 2. The second kappa shape index (κ2) is 6.41. The maximum Gasteiger partial charge on any atom is 0.244 e. The number of hydrogen-bond acceptors (Lipinski definition) is 2. The van der Waals surface area contributed by atoms with Gasteiger partial charge in [-0.3, -0.25) is 4.79 Å². The van der Waals surface area contributed by atoms with Crippen LogP contribution in [0.3, 0.4) is 0 Å². The molecule has 2 rings (SSSR count). The first-order valence-corrected chi connectivity index (χ1v) is 6.30. The molecule has 1 aromatic carbocycles. The first kappa shape index (κ1) is 13.6. The van der Waals surface area contributed by atoms with E-state index >= 15 is 0 Å². The summed E-state index contributed by atoms with van der Waals surface area (Å²) in [7, 11) is 0. The summed E-state index contributed by atoms with van der Waals surface area (Å²) in [6.45, 7) is 0.359. The van der Waals surface area contributed by atoms with E-state index in [0.717, 1.165) is 5.56 Å². The lowest BCUT2D eigenvalue weighted by molar-refractivity contribution is -0.116. The zero-order valence-electron chi connectivity index (χ0n) is 9.86. The second-order valence-corrected chi connectivity index (χ2v) is 4.57. The first-order chi connectivity index (χ1) is 9.15. The van der Waals surface area contributed by atoms with Crippen LogP contribution in [0.5, 0.6) is 0 Å². The Hall–Kier alpha value is -1.78. The molecule has 2 aromatic rings. The summed E-state index contributed by atoms with van der Waals surface area (Å²) in [5.74, 6) is 0.499. The Morgan fingerprint density at radius 1 is 1.37 bits per heavy atom. The van der Waals surface area contributed by atoms with Gasteiger partial charge in [-0.2, -0.15) is 0 Å². The third-order valence-corrected chi connectivity index (χ3v) is 3.09. The fourth-order valence-electron chi connectivity index (χ4n) is 1.41. The van der Waals surface area contributed by atoms with Gasteiger partial charge in [-0.25, -0.2) is 4.98 Å². The fraction of sp³-hybridized carbons (Fsp3) is 0.0769. The van der Waals surface area contributed by atoms with Crippen molar-refractivity contribution in [3.05, 3.63) is 58.1 Å². The third kappa shape index (κ3) is 4.12. The van der Waals surface area contributed by atoms with Crippen molar-refractivity contribution in [2.75, 3.05) is 0 Å². The predicted octanol–water partition coefficient (Wildman–Crippen LogP) is 3.05. The highest BCUT2D eigenvalue weighted by molar-refractivity contribution is 6.42. The number of aromatic amines is 1. The fourth-order valence-corrected chi connectivity index (χ4v) is 1.72. The van der Waals surface area contributed by atoms with Crippen LogP contribution in [0.2, 0.25) is 10.0 Å². The molecule has 0 spiro atoms. The van der Waals surface area contributed by atoms with Crippen LogP contribution in [0.25, 0.3) is 6.08 Å². The van der Waals surface area contributed by atoms with Crippen LogP contribution in [0, 0.1) is 0 Å². The molecule has 6 heteroatoms. The van der Waals surface area contributed by atoms with Crippen molar-refractivity contribution in [1.82, 2.24) is 15.3 Å². The lowest BCUT2D eigenvalue weighted by Crippen LogP contribution is -2.20. The Kier molecular flexibility index (Phi) is 4.60. The van der Waals surface area contributed by atoms with Crippen molar-refractivity contribution in [3.8, 4) is 0 Å². The summed E-state index contributed by atoms with van der Waals surface area (Å²) in [6, 6.07) is 5.16. The molecule has 0 unspecified atom stereocenters. The van der Waals surface area contributed by atoms with Crippen LogP contribution < -0.4 is 5.32 Å². The second-order valence-electron chi connectivity index (χ2n) is 3.76. The number of rotatable bonds is 4. The molecule has 0 aliphatic carbocycles. The summed E-state index contributed by atoms with van der Waals surface area (Å²) in [4.78, 5) is 18.5. The van der Waals surface area contributed by atoms with Gasteiger partial charge in [-0.15, -0.1) is 0 Å². The molecule has 0 bridgehead atoms. The number of benzene rings is 1. The monoisotopic (exact) mass is 295 g/mol. The number of nitrogens with zero attached hydrogens (tertiary/aromatic N) is 1. The standard InChI is InChI=1S/C13H11Cl2N3O/c14-10-3-1-9(7-11(10)15)2-4-13(19)18-8-12-16-5-6-17-12/h1-7H,8H2,(H,16,17)(H,18,19). The number of carbonyl (C=O) groups is 1. The van der Waals surface area contributed by atoms with Gasteiger partial charge in [0, 0.05) is 18.5 Å². The molecule has 0 saturated carbocycles. The molecular formula is C13H11Cl2N3O. The molecule has 4 nitrogen and oxygen atoms in total. The van der Waals surface area contributed by atoms with E-state index in [2.05, 4.69) is 15.3 Å². The van der Waals surface area contributed by atoms with Crippen molar-refractivity contribution in [2.45, 2.75) is 6.54 Å². The van der Waals surface area contributed by atoms with Crippen LogP contribution in [0.4, 0.5) is 0 Å². The Morgan fingerprint density at radius 2 is 2.21 bits per heavy atom. The molecule has 0 aliphatic heterocycles. The van der Waals surface area contributed by atoms with Gasteiger partial charge in [-0.05, 0) is 23.8 Å². The van der Waals surface area contributed by atoms with Crippen molar-refractivity contribution in [2.24, 2.45) is 0 Å². The molecule has 0 aliphatic rings. The summed E-state index contributed by atoms with van der Waals surface area (Å²) in [5.41, 5.74) is 0.808. The zero-order valence-corrected chi connectivity index (χ0v) is 11.4. The van der Waals surface area contributed by atoms with Crippen molar-refractivity contribution >= 4 is 35.2 Å². The number of imidazole rings is 1. The van der Waals surface area contributed by atoms with Crippen molar-refractivity contribution in [3.63, 3.8) is 0 Å². The Bertz CT molecular complexity index is 594. The summed E-state index contributed by atoms with van der Waals surface area (Å²) < 4.78 is 0. The van der Waals surface area contributed by atoms with Crippen LogP contribution in [0.1, 0.15) is 11.4 Å². The van der Waals surface area contributed by atoms with Gasteiger partial charge in [0.2, 0.25) is 5.91 Å². The van der Waals surface area contributed by atoms with Gasteiger partial charge in [0.1, 0.15) is 5.82 Å². The van der Waals surface area contributed by atoms with Gasteiger partial charge < -0.3 is 10.3 Å². The molecule has 1 aromatic heterocycles. The van der Waals surface area contributed by atoms with E-state index in [9.17, 15) is 4.79 Å². The average Bonchev–Trinajstić information content (AvgIpc) is 2.91. The zero-order chi connectivity index (χ0) is 13.7. The van der Waals surface area contributed by atoms with Crippen LogP contribution >= 0.6 is 23.2 Å². The molecule has 1 amide bonds. The van der Waals surface area contributed by atoms with Gasteiger partial charge in [0.05, 0.1) is 16.6 Å². The van der Waals surface area contributed by atoms with Crippen molar-refractivity contribution < 1.29 is 4.79 Å². The van der Waals surface area contributed by atoms with Gasteiger partial charge >= 0.3 is 0 Å². The van der Waals surface area contributed by atoms with E-state index in [1.54, 1.807) is 36.7 Å². The molecular weight excluding hydrogens is 285 g/mol. The number of amides is 1. The van der Waals surface area contributed by atoms with Gasteiger partial charge in [0.25, 0.3) is 0 Å². The van der Waals surface area contributed by atoms with E-state index in [1.807, 2.05) is 0 Å². The number of hydrogen-bond donors (Lipinski definition) is 2. The molecule has 0 radical (unpaired) electrons. The maximum atomic E-state index is 11.6. The predicted molar refractivity (Wildman–Crippen MR) is 75.9 cm³/mol. The summed E-state index contributed by atoms with van der Waals surface area (Å²) in [5, 5.41) is 3.65. The first-order valence-electron chi connectivity index (χ1n) is 5.54. The Morgan fingerprint density at radius 3 is 2.89 bits per heavy atom. The lowest BCUT2D eigenvalue weighted by Gasteiger charge is -1.99. The molecule has 19 heavy (non-hydrogen) atoms. The number of aromatic nitrogens is 2. The van der Waals surface area contributed by atoms with E-state index in [4.69, 9.17) is 23.2 Å². The molecule has 0 atom stereocenters. The number of carbonyl (C=O) groups excluding carboxylic acids is 1. The Labute approximate surface area is 120 Å². The maximum absolute atomic E-state index is 11.6. The van der Waals surface area contributed by atoms with E-state index in [1.165, 1.54) is 6.08 Å². The average molecular weight is 296 g/mol. The number of halogens is 2. The minimum atomic E-state index is -0.206. The molecule has 2 N–H and O–H groups in total. The quantitative estimate of drug-likeness (QED) is 0.852. The van der Waals surface area contributed by atoms with E-state index in [0.29, 0.717) is 22.4 Å². The highest BCUT2D eigenvalue weighted by Gasteiger charge is 1.99. The minimum absolute atomic E-state index is 0.206.